The fraction of sp³-hybridized carbons (Fsp3) is 0.345. The number of ether oxygens (including phenoxy) is 1. The number of carbonyl (C=O) groups excluding carboxylic acids is 7. The topological polar surface area (TPSA) is 250 Å². The van der Waals surface area contributed by atoms with Crippen LogP contribution in [0.3, 0.4) is 0 Å². The first-order chi connectivity index (χ1) is 35.0. The maximum Gasteiger partial charge on any atom is 0.407 e. The van der Waals surface area contributed by atoms with Crippen LogP contribution in [0.1, 0.15) is 74.4 Å². The molecule has 3 heterocycles. The summed E-state index contributed by atoms with van der Waals surface area (Å²) in [4.78, 5) is 110. The monoisotopic (exact) mass is 1010 g/mol. The van der Waals surface area contributed by atoms with Gasteiger partial charge in [-0.1, -0.05) is 103 Å². The van der Waals surface area contributed by atoms with E-state index in [9.17, 15) is 43.5 Å². The number of alkyl carbamates (subject to hydrolysis) is 1. The standard InChI is InChI=1S/C55H63N7O10S/c1-55(2,3)72-54(71)56-29-11-10-18-42(53(69)70)59-49(65)44-33-37-21-25-40(26-22-37)57-47(63)27-28-48(64)58-46(34-41-17-12-30-73-41)52(68)62-45(32-36-19-23-39(24-20-36)38-15-8-5-9-16-38)51(67)60-43(50(66)61-44)31-35-13-6-4-7-14-35/h4-9,12-17,19-26,30,42-46H,10-11,18,27-29,31-34H2,1-3H3,(H,56,71)(H,57,63)(H,58,64)(H,59,65)(H,60,67)(H,61,66)(H,62,68)(H,69,70). The highest BCUT2D eigenvalue weighted by atomic mass is 32.1. The Morgan fingerprint density at radius 1 is 0.658 bits per heavy atom. The Bertz CT molecular complexity index is 2660. The summed E-state index contributed by atoms with van der Waals surface area (Å²) >= 11 is 1.38. The lowest BCUT2D eigenvalue weighted by molar-refractivity contribution is -0.142. The molecule has 5 aromatic rings. The van der Waals surface area contributed by atoms with Crippen LogP contribution < -0.4 is 37.2 Å². The number of benzene rings is 4. The highest BCUT2D eigenvalue weighted by Gasteiger charge is 2.34. The second-order valence-corrected chi connectivity index (χ2v) is 19.8. The van der Waals surface area contributed by atoms with Gasteiger partial charge >= 0.3 is 12.1 Å². The van der Waals surface area contributed by atoms with Gasteiger partial charge in [-0.05, 0) is 91.4 Å². The van der Waals surface area contributed by atoms with Crippen LogP contribution in [0.15, 0.2) is 127 Å². The average molecular weight is 1010 g/mol. The van der Waals surface area contributed by atoms with Crippen LogP contribution in [0, 0.1) is 0 Å². The number of anilines is 1. The molecule has 4 aromatic carbocycles. The minimum atomic E-state index is -1.37. The van der Waals surface area contributed by atoms with Crippen molar-refractivity contribution in [3.05, 3.63) is 148 Å². The van der Waals surface area contributed by atoms with Crippen molar-refractivity contribution in [2.45, 2.75) is 114 Å². The van der Waals surface area contributed by atoms with Crippen molar-refractivity contribution in [2.75, 3.05) is 11.9 Å². The number of unbranched alkanes of at least 4 members (excludes halogenated alkanes) is 1. The largest absolute Gasteiger partial charge is 0.480 e. The molecule has 1 aromatic heterocycles. The molecule has 17 nitrogen and oxygen atoms in total. The van der Waals surface area contributed by atoms with E-state index in [1.54, 1.807) is 75.4 Å². The molecule has 7 amide bonds. The van der Waals surface area contributed by atoms with Gasteiger partial charge in [0.2, 0.25) is 35.4 Å². The second kappa shape index (κ2) is 26.5. The van der Waals surface area contributed by atoms with Crippen molar-refractivity contribution >= 4 is 64.5 Å². The van der Waals surface area contributed by atoms with Gasteiger partial charge in [0, 0.05) is 55.6 Å². The molecule has 5 atom stereocenters. The first-order valence-electron chi connectivity index (χ1n) is 24.3. The van der Waals surface area contributed by atoms with Crippen LogP contribution in [-0.4, -0.2) is 95.0 Å². The summed E-state index contributed by atoms with van der Waals surface area (Å²) in [7, 11) is 0. The van der Waals surface area contributed by atoms with E-state index in [0.717, 1.165) is 16.0 Å². The molecule has 2 aliphatic rings. The molecular weight excluding hydrogens is 951 g/mol. The van der Waals surface area contributed by atoms with Gasteiger partial charge in [-0.15, -0.1) is 11.3 Å². The molecule has 0 saturated carbocycles. The van der Waals surface area contributed by atoms with Crippen molar-refractivity contribution in [3.8, 4) is 11.1 Å². The van der Waals surface area contributed by atoms with E-state index in [1.165, 1.54) is 11.3 Å². The maximum absolute atomic E-state index is 14.8. The molecule has 0 radical (unpaired) electrons. The third-order valence-electron chi connectivity index (χ3n) is 11.8. The summed E-state index contributed by atoms with van der Waals surface area (Å²) in [6.07, 6.45) is -0.511. The molecule has 7 rings (SSSR count). The number of nitrogens with one attached hydrogen (secondary N) is 7. The normalized spacial score (nSPS) is 18.6. The van der Waals surface area contributed by atoms with Crippen molar-refractivity contribution in [1.29, 1.82) is 0 Å². The fourth-order valence-electron chi connectivity index (χ4n) is 8.02. The van der Waals surface area contributed by atoms with E-state index in [2.05, 4.69) is 37.2 Å². The average Bonchev–Trinajstić information content (AvgIpc) is 3.88. The van der Waals surface area contributed by atoms with E-state index in [1.807, 2.05) is 72.1 Å². The SMILES string of the molecule is CC(C)(C)OC(=O)NCCCCC(NC(=O)C1Cc2ccc(cc2)NC(=O)CCC(=O)NC(Cc2cccs2)C(=O)NC(Cc2ccc(-c3ccccc3)cc2)C(=O)NC(Cc2ccccc2)C(=O)N1)C(=O)O. The van der Waals surface area contributed by atoms with Crippen LogP contribution in [0.2, 0.25) is 0 Å². The number of hydrogen-bond acceptors (Lipinski definition) is 10. The van der Waals surface area contributed by atoms with E-state index in [-0.39, 0.29) is 51.5 Å². The number of aliphatic carboxylic acids is 1. The number of carbonyl (C=O) groups is 8. The number of fused-ring (bicyclic) bond motifs is 18. The maximum atomic E-state index is 14.8. The second-order valence-electron chi connectivity index (χ2n) is 18.8. The molecule has 18 heteroatoms. The molecule has 384 valence electrons. The Morgan fingerprint density at radius 2 is 1.23 bits per heavy atom. The van der Waals surface area contributed by atoms with Gasteiger partial charge in [-0.25, -0.2) is 9.59 Å². The Labute approximate surface area is 428 Å². The molecule has 0 aliphatic carbocycles. The first kappa shape index (κ1) is 54.5. The Balaban J connectivity index is 1.31. The quantitative estimate of drug-likeness (QED) is 0.0475. The van der Waals surface area contributed by atoms with Gasteiger partial charge in [0.15, 0.2) is 0 Å². The van der Waals surface area contributed by atoms with E-state index < -0.39 is 83.3 Å². The summed E-state index contributed by atoms with van der Waals surface area (Å²) in [6, 6.07) is 29.6. The summed E-state index contributed by atoms with van der Waals surface area (Å²) in [5, 5.41) is 31.3. The van der Waals surface area contributed by atoms with E-state index in [0.29, 0.717) is 35.2 Å². The summed E-state index contributed by atoms with van der Waals surface area (Å²) < 4.78 is 5.26. The number of hydrogen-bond donors (Lipinski definition) is 8. The molecule has 2 aliphatic heterocycles. The molecule has 73 heavy (non-hydrogen) atoms. The Kier molecular flexibility index (Phi) is 19.8. The molecule has 8 N–H and O–H groups in total. The van der Waals surface area contributed by atoms with Gasteiger partial charge in [0.05, 0.1) is 0 Å². The molecule has 0 spiro atoms. The molecule has 2 bridgehead atoms. The van der Waals surface area contributed by atoms with Crippen molar-refractivity contribution in [1.82, 2.24) is 31.9 Å². The van der Waals surface area contributed by atoms with E-state index >= 15 is 0 Å². The number of rotatable bonds is 15. The van der Waals surface area contributed by atoms with Gasteiger partial charge in [0.25, 0.3) is 0 Å². The lowest BCUT2D eigenvalue weighted by Crippen LogP contribution is -2.60. The van der Waals surface area contributed by atoms with Crippen LogP contribution in [0.4, 0.5) is 10.5 Å². The lowest BCUT2D eigenvalue weighted by atomic mass is 9.99. The van der Waals surface area contributed by atoms with Crippen LogP contribution in [-0.2, 0) is 64.0 Å². The fourth-order valence-corrected chi connectivity index (χ4v) is 8.77. The predicted octanol–water partition coefficient (Wildman–Crippen LogP) is 5.62. The number of amides is 7. The third kappa shape index (κ3) is 18.0. The summed E-state index contributed by atoms with van der Waals surface area (Å²) in [6.45, 7) is 5.40. The van der Waals surface area contributed by atoms with Gasteiger partial charge in [0.1, 0.15) is 35.8 Å². The number of carboxylic acids is 1. The van der Waals surface area contributed by atoms with Crippen LogP contribution in [0.5, 0.6) is 0 Å². The smallest absolute Gasteiger partial charge is 0.407 e. The Morgan fingerprint density at radius 3 is 1.84 bits per heavy atom. The van der Waals surface area contributed by atoms with Gasteiger partial charge in [-0.2, -0.15) is 0 Å². The number of carboxylic acid groups (broad SMARTS) is 1. The molecule has 0 fully saturated rings. The lowest BCUT2D eigenvalue weighted by Gasteiger charge is -2.27. The molecular formula is C55H63N7O10S. The zero-order chi connectivity index (χ0) is 52.3. The zero-order valence-corrected chi connectivity index (χ0v) is 41.9. The zero-order valence-electron chi connectivity index (χ0n) is 41.1. The summed E-state index contributed by atoms with van der Waals surface area (Å²) in [5.41, 5.74) is 3.46. The van der Waals surface area contributed by atoms with Crippen molar-refractivity contribution < 1.29 is 48.2 Å². The minimum absolute atomic E-state index is 0.00376. The minimum Gasteiger partial charge on any atom is -0.480 e. The number of thiophene rings is 1. The van der Waals surface area contributed by atoms with Crippen molar-refractivity contribution in [2.24, 2.45) is 0 Å². The van der Waals surface area contributed by atoms with Gasteiger partial charge in [-0.3, -0.25) is 28.8 Å². The van der Waals surface area contributed by atoms with E-state index in [4.69, 9.17) is 4.74 Å². The first-order valence-corrected chi connectivity index (χ1v) is 25.2. The van der Waals surface area contributed by atoms with Crippen LogP contribution in [0.25, 0.3) is 11.1 Å². The van der Waals surface area contributed by atoms with Gasteiger partial charge < -0.3 is 47.1 Å². The third-order valence-corrected chi connectivity index (χ3v) is 12.7. The summed E-state index contributed by atoms with van der Waals surface area (Å²) in [5.74, 6) is -5.34. The molecule has 5 unspecified atom stereocenters. The van der Waals surface area contributed by atoms with Crippen LogP contribution >= 0.6 is 11.3 Å². The highest BCUT2D eigenvalue weighted by Crippen LogP contribution is 2.21. The molecule has 0 saturated heterocycles. The highest BCUT2D eigenvalue weighted by molar-refractivity contribution is 7.09. The van der Waals surface area contributed by atoms with Crippen molar-refractivity contribution in [3.63, 3.8) is 0 Å². The Hall–Kier alpha value is -7.86. The predicted molar refractivity (Wildman–Crippen MR) is 277 cm³/mol.